The fraction of sp³-hybridized carbons (Fsp3) is 0.538. The van der Waals surface area contributed by atoms with Gasteiger partial charge in [-0.1, -0.05) is 19.4 Å². The van der Waals surface area contributed by atoms with E-state index in [0.29, 0.717) is 17.6 Å². The Morgan fingerprint density at radius 1 is 1.28 bits per heavy atom. The third kappa shape index (κ3) is 3.55. The van der Waals surface area contributed by atoms with E-state index in [9.17, 15) is 13.2 Å². The molecule has 1 aliphatic rings. The molecule has 0 amide bonds. The molecule has 1 aromatic rings. The first kappa shape index (κ1) is 13.1. The number of rotatable bonds is 3. The molecule has 0 saturated heterocycles. The molecule has 2 nitrogen and oxygen atoms in total. The minimum atomic E-state index is -4.64. The lowest BCUT2D eigenvalue weighted by molar-refractivity contribution is -0.274. The van der Waals surface area contributed by atoms with Crippen LogP contribution >= 0.6 is 0 Å². The molecule has 1 N–H and O–H groups in total. The van der Waals surface area contributed by atoms with Gasteiger partial charge in [-0.3, -0.25) is 0 Å². The van der Waals surface area contributed by atoms with E-state index < -0.39 is 6.36 Å². The first-order valence-corrected chi connectivity index (χ1v) is 6.06. The number of benzene rings is 1. The number of hydrogen-bond donors (Lipinski definition) is 1. The molecule has 2 rings (SSSR count). The van der Waals surface area contributed by atoms with E-state index in [4.69, 9.17) is 0 Å². The van der Waals surface area contributed by atoms with Crippen LogP contribution in [0.15, 0.2) is 24.3 Å². The smallest absolute Gasteiger partial charge is 0.406 e. The van der Waals surface area contributed by atoms with Crippen LogP contribution in [-0.4, -0.2) is 12.4 Å². The van der Waals surface area contributed by atoms with E-state index in [1.54, 1.807) is 12.1 Å². The van der Waals surface area contributed by atoms with Crippen LogP contribution in [-0.2, 0) is 0 Å². The number of anilines is 1. The first-order valence-electron chi connectivity index (χ1n) is 6.06. The van der Waals surface area contributed by atoms with Crippen LogP contribution in [0.2, 0.25) is 0 Å². The van der Waals surface area contributed by atoms with Crippen LogP contribution in [0.25, 0.3) is 0 Å². The van der Waals surface area contributed by atoms with Crippen molar-refractivity contribution >= 4 is 5.69 Å². The van der Waals surface area contributed by atoms with E-state index in [1.165, 1.54) is 12.1 Å². The highest BCUT2D eigenvalue weighted by Crippen LogP contribution is 2.30. The number of nitrogens with one attached hydrogen (secondary N) is 1. The zero-order valence-electron chi connectivity index (χ0n) is 10.1. The topological polar surface area (TPSA) is 21.3 Å². The Labute approximate surface area is 104 Å². The highest BCUT2D eigenvalue weighted by molar-refractivity contribution is 5.49. The quantitative estimate of drug-likeness (QED) is 0.879. The minimum absolute atomic E-state index is 0.182. The van der Waals surface area contributed by atoms with Gasteiger partial charge >= 0.3 is 6.36 Å². The summed E-state index contributed by atoms with van der Waals surface area (Å²) in [5, 5.41) is 3.27. The average Bonchev–Trinajstić information content (AvgIpc) is 2.62. The standard InChI is InChI=1S/C13H16F3NO/c1-9-4-2-7-12(9)17-10-5-3-6-11(8-10)18-13(14,15)16/h3,5-6,8-9,12,17H,2,4,7H2,1H3. The SMILES string of the molecule is CC1CCCC1Nc1cccc(OC(F)(F)F)c1. The molecule has 1 fully saturated rings. The summed E-state index contributed by atoms with van der Waals surface area (Å²) in [5.41, 5.74) is 0.676. The number of halogens is 3. The van der Waals surface area contributed by atoms with Crippen LogP contribution in [0.1, 0.15) is 26.2 Å². The molecule has 0 aromatic heterocycles. The summed E-state index contributed by atoms with van der Waals surface area (Å²) >= 11 is 0. The molecule has 0 aliphatic heterocycles. The van der Waals surface area contributed by atoms with Crippen molar-refractivity contribution in [3.05, 3.63) is 24.3 Å². The second kappa shape index (κ2) is 5.08. The average molecular weight is 259 g/mol. The van der Waals surface area contributed by atoms with Gasteiger partial charge in [-0.15, -0.1) is 13.2 Å². The number of alkyl halides is 3. The van der Waals surface area contributed by atoms with Gasteiger partial charge in [0.2, 0.25) is 0 Å². The van der Waals surface area contributed by atoms with Crippen molar-refractivity contribution in [2.75, 3.05) is 5.32 Å². The van der Waals surface area contributed by atoms with Gasteiger partial charge in [0.1, 0.15) is 5.75 Å². The van der Waals surface area contributed by atoms with E-state index in [1.807, 2.05) is 0 Å². The normalized spacial score (nSPS) is 24.0. The van der Waals surface area contributed by atoms with Crippen LogP contribution in [0.5, 0.6) is 5.75 Å². The van der Waals surface area contributed by atoms with E-state index in [-0.39, 0.29) is 5.75 Å². The Bertz CT molecular complexity index is 405. The second-order valence-electron chi connectivity index (χ2n) is 4.73. The zero-order chi connectivity index (χ0) is 13.2. The van der Waals surface area contributed by atoms with Gasteiger partial charge < -0.3 is 10.1 Å². The van der Waals surface area contributed by atoms with Crippen molar-refractivity contribution in [1.82, 2.24) is 0 Å². The molecule has 2 unspecified atom stereocenters. The van der Waals surface area contributed by atoms with Gasteiger partial charge in [0.05, 0.1) is 0 Å². The predicted octanol–water partition coefficient (Wildman–Crippen LogP) is 4.19. The Hall–Kier alpha value is -1.39. The van der Waals surface area contributed by atoms with Crippen LogP contribution in [0.4, 0.5) is 18.9 Å². The van der Waals surface area contributed by atoms with Crippen molar-refractivity contribution in [3.8, 4) is 5.75 Å². The van der Waals surface area contributed by atoms with Crippen molar-refractivity contribution in [2.45, 2.75) is 38.6 Å². The molecular weight excluding hydrogens is 243 g/mol. The Kier molecular flexibility index (Phi) is 3.68. The zero-order valence-corrected chi connectivity index (χ0v) is 10.1. The van der Waals surface area contributed by atoms with Crippen molar-refractivity contribution < 1.29 is 17.9 Å². The summed E-state index contributed by atoms with van der Waals surface area (Å²) in [6.07, 6.45) is -1.25. The van der Waals surface area contributed by atoms with Gasteiger partial charge in [-0.2, -0.15) is 0 Å². The second-order valence-corrected chi connectivity index (χ2v) is 4.73. The first-order chi connectivity index (χ1) is 8.44. The minimum Gasteiger partial charge on any atom is -0.406 e. The molecule has 1 aromatic carbocycles. The maximum atomic E-state index is 12.1. The summed E-state index contributed by atoms with van der Waals surface area (Å²) in [7, 11) is 0. The maximum Gasteiger partial charge on any atom is 0.573 e. The number of ether oxygens (including phenoxy) is 1. The van der Waals surface area contributed by atoms with Crippen molar-refractivity contribution in [2.24, 2.45) is 5.92 Å². The Morgan fingerprint density at radius 2 is 2.06 bits per heavy atom. The fourth-order valence-corrected chi connectivity index (χ4v) is 2.36. The van der Waals surface area contributed by atoms with Gasteiger partial charge in [-0.05, 0) is 30.9 Å². The monoisotopic (exact) mass is 259 g/mol. The maximum absolute atomic E-state index is 12.1. The van der Waals surface area contributed by atoms with Crippen LogP contribution in [0, 0.1) is 5.92 Å². The summed E-state index contributed by atoms with van der Waals surface area (Å²) in [6, 6.07) is 6.35. The Balaban J connectivity index is 2.03. The van der Waals surface area contributed by atoms with Crippen molar-refractivity contribution in [1.29, 1.82) is 0 Å². The summed E-state index contributed by atoms with van der Waals surface area (Å²) in [4.78, 5) is 0. The lowest BCUT2D eigenvalue weighted by Gasteiger charge is -2.19. The van der Waals surface area contributed by atoms with Crippen LogP contribution < -0.4 is 10.1 Å². The fourth-order valence-electron chi connectivity index (χ4n) is 2.36. The third-order valence-corrected chi connectivity index (χ3v) is 3.28. The van der Waals surface area contributed by atoms with Gasteiger partial charge in [0.15, 0.2) is 0 Å². The molecule has 1 saturated carbocycles. The summed E-state index contributed by atoms with van der Waals surface area (Å²) in [6.45, 7) is 2.15. The molecule has 100 valence electrons. The van der Waals surface area contributed by atoms with Crippen molar-refractivity contribution in [3.63, 3.8) is 0 Å². The lowest BCUT2D eigenvalue weighted by Crippen LogP contribution is -2.22. The third-order valence-electron chi connectivity index (χ3n) is 3.28. The highest BCUT2D eigenvalue weighted by Gasteiger charge is 2.31. The van der Waals surface area contributed by atoms with Gasteiger partial charge in [0.25, 0.3) is 0 Å². The molecule has 2 atom stereocenters. The molecule has 0 heterocycles. The summed E-state index contributed by atoms with van der Waals surface area (Å²) < 4.78 is 40.2. The van der Waals surface area contributed by atoms with Gasteiger partial charge in [0, 0.05) is 17.8 Å². The van der Waals surface area contributed by atoms with E-state index in [2.05, 4.69) is 17.0 Å². The van der Waals surface area contributed by atoms with Gasteiger partial charge in [-0.25, -0.2) is 0 Å². The number of hydrogen-bond acceptors (Lipinski definition) is 2. The van der Waals surface area contributed by atoms with E-state index >= 15 is 0 Å². The molecule has 18 heavy (non-hydrogen) atoms. The molecule has 1 aliphatic carbocycles. The predicted molar refractivity (Wildman–Crippen MR) is 63.6 cm³/mol. The Morgan fingerprint density at radius 3 is 2.67 bits per heavy atom. The molecular formula is C13H16F3NO. The molecule has 0 radical (unpaired) electrons. The highest BCUT2D eigenvalue weighted by atomic mass is 19.4. The molecule has 5 heteroatoms. The largest absolute Gasteiger partial charge is 0.573 e. The lowest BCUT2D eigenvalue weighted by atomic mass is 10.1. The molecule has 0 spiro atoms. The molecule has 0 bridgehead atoms. The summed E-state index contributed by atoms with van der Waals surface area (Å²) in [5.74, 6) is 0.371. The van der Waals surface area contributed by atoms with Crippen LogP contribution in [0.3, 0.4) is 0 Å². The van der Waals surface area contributed by atoms with E-state index in [0.717, 1.165) is 19.3 Å².